The van der Waals surface area contributed by atoms with E-state index in [1.807, 2.05) is 19.1 Å². The molecule has 1 unspecified atom stereocenters. The van der Waals surface area contributed by atoms with E-state index in [-0.39, 0.29) is 17.3 Å². The van der Waals surface area contributed by atoms with Gasteiger partial charge in [-0.15, -0.1) is 0 Å². The number of nitrogens with two attached hydrogens (primary N) is 1. The Balaban J connectivity index is 2.11. The number of ether oxygens (including phenoxy) is 2. The number of hydrogen-bond donors (Lipinski definition) is 2. The predicted octanol–water partition coefficient (Wildman–Crippen LogP) is 1.81. The Hall–Kier alpha value is -1.66. The molecule has 128 valence electrons. The van der Waals surface area contributed by atoms with Crippen molar-refractivity contribution in [1.29, 1.82) is 0 Å². The maximum atomic E-state index is 13.2. The molecule has 5 nitrogen and oxygen atoms in total. The topological polar surface area (TPSA) is 68.9 Å². The highest BCUT2D eigenvalue weighted by Crippen LogP contribution is 2.35. The molecule has 0 amide bonds. The Labute approximate surface area is 137 Å². The Kier molecular flexibility index (Phi) is 6.36. The molecule has 1 aliphatic rings. The lowest BCUT2D eigenvalue weighted by Gasteiger charge is -2.36. The standard InChI is InChI=1S/C17H26FN3O2/c1-13(11-22-2)21-16(19)20-12-17(7-9-23-10-8-17)14-3-5-15(18)6-4-14/h3-6,13H,7-12H2,1-2H3,(H3,19,20,21). The molecular formula is C17H26FN3O2. The van der Waals surface area contributed by atoms with Crippen LogP contribution < -0.4 is 11.1 Å². The molecular weight excluding hydrogens is 297 g/mol. The van der Waals surface area contributed by atoms with E-state index in [2.05, 4.69) is 10.3 Å². The molecule has 0 aliphatic carbocycles. The van der Waals surface area contributed by atoms with Crippen LogP contribution in [0.3, 0.4) is 0 Å². The molecule has 23 heavy (non-hydrogen) atoms. The van der Waals surface area contributed by atoms with E-state index in [1.54, 1.807) is 7.11 Å². The average Bonchev–Trinajstić information content (AvgIpc) is 2.55. The monoisotopic (exact) mass is 323 g/mol. The molecule has 1 aromatic carbocycles. The van der Waals surface area contributed by atoms with E-state index < -0.39 is 0 Å². The quantitative estimate of drug-likeness (QED) is 0.619. The van der Waals surface area contributed by atoms with Crippen LogP contribution >= 0.6 is 0 Å². The van der Waals surface area contributed by atoms with E-state index in [4.69, 9.17) is 15.2 Å². The Bertz CT molecular complexity index is 513. The lowest BCUT2D eigenvalue weighted by atomic mass is 9.74. The van der Waals surface area contributed by atoms with Crippen molar-refractivity contribution >= 4 is 5.96 Å². The van der Waals surface area contributed by atoms with Crippen LogP contribution in [0.4, 0.5) is 4.39 Å². The number of nitrogens with one attached hydrogen (secondary N) is 1. The second-order valence-electron chi connectivity index (χ2n) is 6.10. The summed E-state index contributed by atoms with van der Waals surface area (Å²) in [7, 11) is 1.65. The zero-order valence-corrected chi connectivity index (χ0v) is 13.8. The second-order valence-corrected chi connectivity index (χ2v) is 6.10. The van der Waals surface area contributed by atoms with Crippen molar-refractivity contribution < 1.29 is 13.9 Å². The first-order chi connectivity index (χ1) is 11.1. The first-order valence-electron chi connectivity index (χ1n) is 7.95. The van der Waals surface area contributed by atoms with Crippen molar-refractivity contribution in [2.24, 2.45) is 10.7 Å². The zero-order chi connectivity index (χ0) is 16.7. The van der Waals surface area contributed by atoms with Gasteiger partial charge in [0.1, 0.15) is 5.82 Å². The number of nitrogens with zero attached hydrogens (tertiary/aromatic N) is 1. The van der Waals surface area contributed by atoms with Crippen molar-refractivity contribution in [3.05, 3.63) is 35.6 Å². The van der Waals surface area contributed by atoms with E-state index >= 15 is 0 Å². The molecule has 1 atom stereocenters. The van der Waals surface area contributed by atoms with Crippen molar-refractivity contribution in [1.82, 2.24) is 5.32 Å². The van der Waals surface area contributed by atoms with Crippen LogP contribution in [-0.4, -0.2) is 45.5 Å². The molecule has 0 saturated carbocycles. The minimum absolute atomic E-state index is 0.0974. The van der Waals surface area contributed by atoms with Crippen molar-refractivity contribution in [2.75, 3.05) is 33.5 Å². The van der Waals surface area contributed by atoms with Crippen molar-refractivity contribution in [3.63, 3.8) is 0 Å². The summed E-state index contributed by atoms with van der Waals surface area (Å²) >= 11 is 0. The summed E-state index contributed by atoms with van der Waals surface area (Å²) in [6.07, 6.45) is 1.70. The van der Waals surface area contributed by atoms with Crippen molar-refractivity contribution in [2.45, 2.75) is 31.2 Å². The minimum atomic E-state index is -0.228. The van der Waals surface area contributed by atoms with E-state index in [9.17, 15) is 4.39 Å². The summed E-state index contributed by atoms with van der Waals surface area (Å²) in [5.74, 6) is 0.177. The fourth-order valence-electron chi connectivity index (χ4n) is 2.93. The fourth-order valence-corrected chi connectivity index (χ4v) is 2.93. The maximum absolute atomic E-state index is 13.2. The first-order valence-corrected chi connectivity index (χ1v) is 7.95. The van der Waals surface area contributed by atoms with Gasteiger partial charge in [-0.1, -0.05) is 12.1 Å². The summed E-state index contributed by atoms with van der Waals surface area (Å²) < 4.78 is 23.8. The van der Waals surface area contributed by atoms with Gasteiger partial charge < -0.3 is 20.5 Å². The summed E-state index contributed by atoms with van der Waals surface area (Å²) in [5.41, 5.74) is 6.91. The van der Waals surface area contributed by atoms with E-state index in [0.29, 0.717) is 32.3 Å². The van der Waals surface area contributed by atoms with Crippen LogP contribution in [-0.2, 0) is 14.9 Å². The number of guanidine groups is 1. The van der Waals surface area contributed by atoms with Crippen LogP contribution in [0.25, 0.3) is 0 Å². The molecule has 1 aliphatic heterocycles. The van der Waals surface area contributed by atoms with Crippen LogP contribution in [0, 0.1) is 5.82 Å². The molecule has 1 saturated heterocycles. The van der Waals surface area contributed by atoms with E-state index in [0.717, 1.165) is 18.4 Å². The van der Waals surface area contributed by atoms with Gasteiger partial charge in [-0.3, -0.25) is 4.99 Å². The first kappa shape index (κ1) is 17.7. The van der Waals surface area contributed by atoms with E-state index in [1.165, 1.54) is 12.1 Å². The molecule has 0 aromatic heterocycles. The van der Waals surface area contributed by atoms with Gasteiger partial charge in [0.05, 0.1) is 13.2 Å². The Morgan fingerprint density at radius 2 is 2.04 bits per heavy atom. The molecule has 0 spiro atoms. The number of aliphatic imine (C=N–C) groups is 1. The SMILES string of the molecule is COCC(C)NC(N)=NCC1(c2ccc(F)cc2)CCOCC1. The highest BCUT2D eigenvalue weighted by molar-refractivity contribution is 5.78. The fraction of sp³-hybridized carbons (Fsp3) is 0.588. The lowest BCUT2D eigenvalue weighted by Crippen LogP contribution is -2.43. The van der Waals surface area contributed by atoms with Gasteiger partial charge in [0, 0.05) is 31.8 Å². The predicted molar refractivity (Wildman–Crippen MR) is 89.1 cm³/mol. The molecule has 1 aromatic rings. The highest BCUT2D eigenvalue weighted by Gasteiger charge is 2.34. The molecule has 1 fully saturated rings. The van der Waals surface area contributed by atoms with Crippen LogP contribution in [0.1, 0.15) is 25.3 Å². The summed E-state index contributed by atoms with van der Waals surface area (Å²) in [6, 6.07) is 6.78. The molecule has 6 heteroatoms. The molecule has 3 N–H and O–H groups in total. The number of hydrogen-bond acceptors (Lipinski definition) is 3. The molecule has 0 bridgehead atoms. The number of halogens is 1. The van der Waals surface area contributed by atoms with Gasteiger partial charge >= 0.3 is 0 Å². The third-order valence-corrected chi connectivity index (χ3v) is 4.27. The third-order valence-electron chi connectivity index (χ3n) is 4.27. The largest absolute Gasteiger partial charge is 0.383 e. The summed E-state index contributed by atoms with van der Waals surface area (Å²) in [6.45, 7) is 4.46. The Morgan fingerprint density at radius 1 is 1.39 bits per heavy atom. The van der Waals surface area contributed by atoms with Gasteiger partial charge in [0.15, 0.2) is 5.96 Å². The zero-order valence-electron chi connectivity index (χ0n) is 13.8. The maximum Gasteiger partial charge on any atom is 0.188 e. The van der Waals surface area contributed by atoms with Gasteiger partial charge in [0.25, 0.3) is 0 Å². The highest BCUT2D eigenvalue weighted by atomic mass is 19.1. The van der Waals surface area contributed by atoms with Gasteiger partial charge in [-0.05, 0) is 37.5 Å². The average molecular weight is 323 g/mol. The van der Waals surface area contributed by atoms with Gasteiger partial charge in [-0.25, -0.2) is 4.39 Å². The summed E-state index contributed by atoms with van der Waals surface area (Å²) in [4.78, 5) is 4.52. The van der Waals surface area contributed by atoms with Crippen LogP contribution in [0.15, 0.2) is 29.3 Å². The van der Waals surface area contributed by atoms with Crippen LogP contribution in [0.5, 0.6) is 0 Å². The van der Waals surface area contributed by atoms with Gasteiger partial charge in [0.2, 0.25) is 0 Å². The van der Waals surface area contributed by atoms with Gasteiger partial charge in [-0.2, -0.15) is 0 Å². The smallest absolute Gasteiger partial charge is 0.188 e. The molecule has 2 rings (SSSR count). The normalized spacial score (nSPS) is 19.3. The molecule has 1 heterocycles. The summed E-state index contributed by atoms with van der Waals surface area (Å²) in [5, 5.41) is 3.11. The minimum Gasteiger partial charge on any atom is -0.383 e. The second kappa shape index (κ2) is 8.26. The lowest BCUT2D eigenvalue weighted by molar-refractivity contribution is 0.0531. The van der Waals surface area contributed by atoms with Crippen molar-refractivity contribution in [3.8, 4) is 0 Å². The van der Waals surface area contributed by atoms with Crippen LogP contribution in [0.2, 0.25) is 0 Å². The number of rotatable bonds is 6. The molecule has 0 radical (unpaired) electrons. The number of benzene rings is 1. The Morgan fingerprint density at radius 3 is 2.65 bits per heavy atom. The third kappa shape index (κ3) is 4.91. The number of methoxy groups -OCH3 is 1.